The van der Waals surface area contributed by atoms with Gasteiger partial charge >= 0.3 is 0 Å². The van der Waals surface area contributed by atoms with Crippen LogP contribution in [0.2, 0.25) is 6.04 Å². The zero-order chi connectivity index (χ0) is 21.5. The Balaban J connectivity index is 2.17. The molecule has 1 unspecified atom stereocenters. The Kier molecular flexibility index (Phi) is 11.8. The fraction of sp³-hybridized carbons (Fsp3) is 0.481. The van der Waals surface area contributed by atoms with Crippen LogP contribution in [0.25, 0.3) is 0 Å². The lowest BCUT2D eigenvalue weighted by Crippen LogP contribution is -2.62. The standard InChI is InChI=1S/C27H40O2Si/c1-4-6-8-9-10-11-18-23-27(28-3)29-30(24-7-5-2,25-19-14-12-15-20-25)26-21-16-13-17-22-26/h5,7,12-17,19-22,27H,4,6,8-11,18,23-24H2,1-3H3/b7-5+. The van der Waals surface area contributed by atoms with Gasteiger partial charge in [-0.05, 0) is 36.2 Å². The van der Waals surface area contributed by atoms with E-state index in [2.05, 4.69) is 86.7 Å². The van der Waals surface area contributed by atoms with Crippen molar-refractivity contribution in [2.24, 2.45) is 0 Å². The molecule has 30 heavy (non-hydrogen) atoms. The number of rotatable bonds is 15. The third kappa shape index (κ3) is 7.53. The summed E-state index contributed by atoms with van der Waals surface area (Å²) in [7, 11) is -0.662. The topological polar surface area (TPSA) is 18.5 Å². The van der Waals surface area contributed by atoms with Crippen LogP contribution in [-0.4, -0.2) is 21.7 Å². The minimum Gasteiger partial charge on any atom is -0.383 e. The van der Waals surface area contributed by atoms with Crippen molar-refractivity contribution < 1.29 is 9.16 Å². The van der Waals surface area contributed by atoms with Crippen LogP contribution in [0.5, 0.6) is 0 Å². The Labute approximate surface area is 185 Å². The molecule has 2 nitrogen and oxygen atoms in total. The Bertz CT molecular complexity index is 660. The van der Waals surface area contributed by atoms with Gasteiger partial charge in [0.2, 0.25) is 0 Å². The number of hydrogen-bond donors (Lipinski definition) is 0. The fourth-order valence-corrected chi connectivity index (χ4v) is 7.87. The largest absolute Gasteiger partial charge is 0.383 e. The van der Waals surface area contributed by atoms with Crippen molar-refractivity contribution >= 4 is 18.7 Å². The van der Waals surface area contributed by atoms with Crippen LogP contribution >= 0.6 is 0 Å². The molecule has 0 N–H and O–H groups in total. The van der Waals surface area contributed by atoms with Crippen LogP contribution in [0, 0.1) is 0 Å². The number of methoxy groups -OCH3 is 1. The molecule has 1 atom stereocenters. The number of unbranched alkanes of at least 4 members (excludes halogenated alkanes) is 6. The summed E-state index contributed by atoms with van der Waals surface area (Å²) in [6, 6.07) is 22.5. The highest BCUT2D eigenvalue weighted by molar-refractivity contribution is 6.97. The van der Waals surface area contributed by atoms with Crippen LogP contribution in [0.1, 0.15) is 65.2 Å². The smallest absolute Gasteiger partial charge is 0.262 e. The van der Waals surface area contributed by atoms with Crippen LogP contribution in [0.3, 0.4) is 0 Å². The molecule has 2 aromatic rings. The Morgan fingerprint density at radius 1 is 0.800 bits per heavy atom. The van der Waals surface area contributed by atoms with Gasteiger partial charge in [-0.15, -0.1) is 0 Å². The summed E-state index contributed by atoms with van der Waals surface area (Å²) in [4.78, 5) is 0. The molecule has 0 heterocycles. The lowest BCUT2D eigenvalue weighted by molar-refractivity contribution is -0.0637. The van der Waals surface area contributed by atoms with Crippen molar-refractivity contribution in [2.45, 2.75) is 77.5 Å². The van der Waals surface area contributed by atoms with Crippen LogP contribution in [0.4, 0.5) is 0 Å². The van der Waals surface area contributed by atoms with Crippen molar-refractivity contribution in [3.05, 3.63) is 72.8 Å². The zero-order valence-corrected chi connectivity index (χ0v) is 20.2. The van der Waals surface area contributed by atoms with Crippen LogP contribution in [0.15, 0.2) is 72.8 Å². The maximum atomic E-state index is 6.97. The molecule has 0 spiro atoms. The van der Waals surface area contributed by atoms with E-state index in [1.807, 2.05) is 0 Å². The Morgan fingerprint density at radius 2 is 1.33 bits per heavy atom. The molecule has 3 heteroatoms. The van der Waals surface area contributed by atoms with E-state index in [4.69, 9.17) is 9.16 Å². The van der Waals surface area contributed by atoms with Gasteiger partial charge < -0.3 is 9.16 Å². The van der Waals surface area contributed by atoms with Gasteiger partial charge in [0.05, 0.1) is 0 Å². The van der Waals surface area contributed by atoms with E-state index >= 15 is 0 Å². The van der Waals surface area contributed by atoms with Gasteiger partial charge in [0.15, 0.2) is 0 Å². The molecule has 0 saturated carbocycles. The lowest BCUT2D eigenvalue weighted by Gasteiger charge is -2.35. The molecule has 0 fully saturated rings. The second kappa shape index (κ2) is 14.3. The summed E-state index contributed by atoms with van der Waals surface area (Å²) in [5.41, 5.74) is 0. The first-order valence-electron chi connectivity index (χ1n) is 11.7. The Hall–Kier alpha value is -1.68. The Morgan fingerprint density at radius 3 is 1.83 bits per heavy atom. The first-order chi connectivity index (χ1) is 14.8. The third-order valence-electron chi connectivity index (χ3n) is 5.76. The summed E-state index contributed by atoms with van der Waals surface area (Å²) in [6.45, 7) is 4.35. The van der Waals surface area contributed by atoms with Crippen molar-refractivity contribution in [1.29, 1.82) is 0 Å². The molecule has 0 aliphatic heterocycles. The predicted molar refractivity (Wildman–Crippen MR) is 132 cm³/mol. The normalized spacial score (nSPS) is 13.0. The lowest BCUT2D eigenvalue weighted by atomic mass is 10.1. The van der Waals surface area contributed by atoms with Crippen LogP contribution < -0.4 is 10.4 Å². The maximum Gasteiger partial charge on any atom is 0.262 e. The number of ether oxygens (including phenoxy) is 1. The molecule has 0 saturated heterocycles. The number of allylic oxidation sites excluding steroid dienone is 2. The molecule has 0 amide bonds. The molecule has 164 valence electrons. The van der Waals surface area contributed by atoms with E-state index in [0.29, 0.717) is 0 Å². The van der Waals surface area contributed by atoms with E-state index in [-0.39, 0.29) is 6.29 Å². The SMILES string of the molecule is C/C=C/C[Si](OC(CCCCCCCCC)OC)(c1ccccc1)c1ccccc1. The van der Waals surface area contributed by atoms with Gasteiger partial charge in [-0.2, -0.15) is 0 Å². The van der Waals surface area contributed by atoms with E-state index in [1.165, 1.54) is 48.9 Å². The minimum atomic E-state index is -2.45. The summed E-state index contributed by atoms with van der Waals surface area (Å²) in [5, 5.41) is 2.60. The molecule has 0 aliphatic carbocycles. The van der Waals surface area contributed by atoms with Gasteiger partial charge in [-0.1, -0.05) is 118 Å². The average Bonchev–Trinajstić information content (AvgIpc) is 2.81. The maximum absolute atomic E-state index is 6.97. The van der Waals surface area contributed by atoms with Crippen molar-refractivity contribution in [2.75, 3.05) is 7.11 Å². The molecule has 2 aromatic carbocycles. The summed E-state index contributed by atoms with van der Waals surface area (Å²) >= 11 is 0. The molecular formula is C27H40O2Si. The molecule has 0 bridgehead atoms. The summed E-state index contributed by atoms with van der Waals surface area (Å²) < 4.78 is 12.8. The van der Waals surface area contributed by atoms with Gasteiger partial charge in [-0.3, -0.25) is 0 Å². The number of benzene rings is 2. The number of hydrogen-bond acceptors (Lipinski definition) is 2. The highest BCUT2D eigenvalue weighted by Gasteiger charge is 2.40. The predicted octanol–water partition coefficient (Wildman–Crippen LogP) is 6.45. The second-order valence-corrected chi connectivity index (χ2v) is 11.5. The van der Waals surface area contributed by atoms with E-state index in [1.54, 1.807) is 7.11 Å². The van der Waals surface area contributed by atoms with Gasteiger partial charge in [0.1, 0.15) is 6.29 Å². The molecule has 0 aliphatic rings. The second-order valence-electron chi connectivity index (χ2n) is 8.03. The quantitative estimate of drug-likeness (QED) is 0.141. The molecule has 0 aromatic heterocycles. The van der Waals surface area contributed by atoms with Gasteiger partial charge in [-0.25, -0.2) is 0 Å². The van der Waals surface area contributed by atoms with E-state index in [9.17, 15) is 0 Å². The van der Waals surface area contributed by atoms with Gasteiger partial charge in [0.25, 0.3) is 8.32 Å². The van der Waals surface area contributed by atoms with E-state index in [0.717, 1.165) is 18.9 Å². The highest BCUT2D eigenvalue weighted by atomic mass is 28.4. The van der Waals surface area contributed by atoms with E-state index < -0.39 is 8.32 Å². The first kappa shape index (κ1) is 24.6. The van der Waals surface area contributed by atoms with Crippen molar-refractivity contribution in [1.82, 2.24) is 0 Å². The monoisotopic (exact) mass is 424 g/mol. The molecular weight excluding hydrogens is 384 g/mol. The highest BCUT2D eigenvalue weighted by Crippen LogP contribution is 2.20. The minimum absolute atomic E-state index is 0.169. The zero-order valence-electron chi connectivity index (χ0n) is 19.2. The van der Waals surface area contributed by atoms with Crippen molar-refractivity contribution in [3.63, 3.8) is 0 Å². The fourth-order valence-electron chi connectivity index (χ4n) is 4.00. The molecule has 2 rings (SSSR count). The molecule has 0 radical (unpaired) electrons. The summed E-state index contributed by atoms with van der Waals surface area (Å²) in [5.74, 6) is 0. The third-order valence-corrected chi connectivity index (χ3v) is 9.77. The van der Waals surface area contributed by atoms with Gasteiger partial charge in [0, 0.05) is 7.11 Å². The first-order valence-corrected chi connectivity index (χ1v) is 13.8. The summed E-state index contributed by atoms with van der Waals surface area (Å²) in [6.07, 6.45) is 14.3. The van der Waals surface area contributed by atoms with Crippen LogP contribution in [-0.2, 0) is 9.16 Å². The average molecular weight is 425 g/mol. The van der Waals surface area contributed by atoms with Crippen molar-refractivity contribution in [3.8, 4) is 0 Å².